The summed E-state index contributed by atoms with van der Waals surface area (Å²) in [6.45, 7) is 3.86. The van der Waals surface area contributed by atoms with Gasteiger partial charge in [-0.1, -0.05) is 56.5 Å². The number of hydrogen-bond acceptors (Lipinski definition) is 2. The van der Waals surface area contributed by atoms with E-state index in [1.54, 1.807) is 6.92 Å². The van der Waals surface area contributed by atoms with Crippen LogP contribution in [0.25, 0.3) is 0 Å². The highest BCUT2D eigenvalue weighted by Crippen LogP contribution is 2.20. The lowest BCUT2D eigenvalue weighted by Crippen LogP contribution is -2.36. The van der Waals surface area contributed by atoms with E-state index in [0.29, 0.717) is 0 Å². The van der Waals surface area contributed by atoms with E-state index >= 15 is 0 Å². The molecule has 2 atom stereocenters. The Hall–Kier alpha value is -1.35. The third kappa shape index (κ3) is 4.88. The van der Waals surface area contributed by atoms with Crippen LogP contribution in [0.3, 0.4) is 0 Å². The van der Waals surface area contributed by atoms with Crippen LogP contribution in [0.15, 0.2) is 30.3 Å². The molecule has 0 aliphatic heterocycles. The van der Waals surface area contributed by atoms with E-state index in [0.717, 1.165) is 12.8 Å². The van der Waals surface area contributed by atoms with Crippen molar-refractivity contribution < 1.29 is 9.90 Å². The van der Waals surface area contributed by atoms with Crippen LogP contribution < -0.4 is 5.32 Å². The second-order valence-corrected chi connectivity index (χ2v) is 4.69. The molecule has 2 unspecified atom stereocenters. The molecule has 1 aromatic carbocycles. The fourth-order valence-electron chi connectivity index (χ4n) is 2.00. The highest BCUT2D eigenvalue weighted by atomic mass is 16.4. The van der Waals surface area contributed by atoms with Crippen molar-refractivity contribution in [3.8, 4) is 0 Å². The largest absolute Gasteiger partial charge is 0.480 e. The van der Waals surface area contributed by atoms with Crippen LogP contribution in [-0.4, -0.2) is 17.1 Å². The summed E-state index contributed by atoms with van der Waals surface area (Å²) in [5.41, 5.74) is 1.17. The van der Waals surface area contributed by atoms with Gasteiger partial charge in [0.25, 0.3) is 0 Å². The van der Waals surface area contributed by atoms with Gasteiger partial charge in [-0.05, 0) is 18.9 Å². The Labute approximate surface area is 109 Å². The van der Waals surface area contributed by atoms with Crippen molar-refractivity contribution in [3.63, 3.8) is 0 Å². The number of carboxylic acids is 1. The molecular formula is C15H23NO2. The van der Waals surface area contributed by atoms with Crippen molar-refractivity contribution >= 4 is 5.97 Å². The van der Waals surface area contributed by atoms with Crippen molar-refractivity contribution in [3.05, 3.63) is 35.9 Å². The van der Waals surface area contributed by atoms with Crippen LogP contribution in [0.1, 0.15) is 51.1 Å². The second kappa shape index (κ2) is 7.88. The smallest absolute Gasteiger partial charge is 0.320 e. The van der Waals surface area contributed by atoms with Gasteiger partial charge in [0.1, 0.15) is 6.04 Å². The summed E-state index contributed by atoms with van der Waals surface area (Å²) in [5, 5.41) is 12.2. The molecule has 100 valence electrons. The molecule has 0 amide bonds. The van der Waals surface area contributed by atoms with Gasteiger partial charge in [-0.3, -0.25) is 10.1 Å². The molecule has 0 spiro atoms. The minimum absolute atomic E-state index is 0.129. The molecular weight excluding hydrogens is 226 g/mol. The number of nitrogens with one attached hydrogen (secondary N) is 1. The van der Waals surface area contributed by atoms with Gasteiger partial charge in [-0.15, -0.1) is 0 Å². The average Bonchev–Trinajstić information content (AvgIpc) is 2.38. The maximum atomic E-state index is 10.9. The Bertz CT molecular complexity index is 351. The van der Waals surface area contributed by atoms with Crippen LogP contribution in [0.5, 0.6) is 0 Å². The van der Waals surface area contributed by atoms with Crippen molar-refractivity contribution in [2.24, 2.45) is 0 Å². The zero-order valence-corrected chi connectivity index (χ0v) is 11.2. The Morgan fingerprint density at radius 2 is 1.94 bits per heavy atom. The summed E-state index contributed by atoms with van der Waals surface area (Å²) in [6, 6.07) is 9.69. The molecule has 1 aromatic rings. The first-order chi connectivity index (χ1) is 8.65. The SMILES string of the molecule is CCCCCC(NC(C)C(=O)O)c1ccccc1. The third-order valence-electron chi connectivity index (χ3n) is 3.12. The predicted octanol–water partition coefficient (Wildman–Crippen LogP) is 3.37. The summed E-state index contributed by atoms with van der Waals surface area (Å²) in [6.07, 6.45) is 4.47. The molecule has 0 fully saturated rings. The van der Waals surface area contributed by atoms with E-state index in [1.165, 1.54) is 18.4 Å². The molecule has 0 heterocycles. The van der Waals surface area contributed by atoms with E-state index in [2.05, 4.69) is 24.4 Å². The minimum atomic E-state index is -0.800. The van der Waals surface area contributed by atoms with Gasteiger partial charge in [0.05, 0.1) is 0 Å². The van der Waals surface area contributed by atoms with E-state index in [4.69, 9.17) is 5.11 Å². The number of rotatable bonds is 8. The minimum Gasteiger partial charge on any atom is -0.480 e. The number of aliphatic carboxylic acids is 1. The molecule has 18 heavy (non-hydrogen) atoms. The number of hydrogen-bond donors (Lipinski definition) is 2. The lowest BCUT2D eigenvalue weighted by atomic mass is 9.99. The first-order valence-corrected chi connectivity index (χ1v) is 6.69. The zero-order valence-electron chi connectivity index (χ0n) is 11.2. The molecule has 0 saturated carbocycles. The molecule has 0 aromatic heterocycles. The molecule has 3 nitrogen and oxygen atoms in total. The number of unbranched alkanes of at least 4 members (excludes halogenated alkanes) is 2. The Kier molecular flexibility index (Phi) is 6.44. The van der Waals surface area contributed by atoms with Gasteiger partial charge in [0.2, 0.25) is 0 Å². The van der Waals surface area contributed by atoms with Gasteiger partial charge < -0.3 is 5.11 Å². The second-order valence-electron chi connectivity index (χ2n) is 4.69. The average molecular weight is 249 g/mol. The Balaban J connectivity index is 2.66. The molecule has 0 saturated heterocycles. The molecule has 3 heteroatoms. The van der Waals surface area contributed by atoms with E-state index in [9.17, 15) is 4.79 Å². The molecule has 0 aliphatic carbocycles. The third-order valence-corrected chi connectivity index (χ3v) is 3.12. The van der Waals surface area contributed by atoms with Crippen molar-refractivity contribution in [1.82, 2.24) is 5.32 Å². The summed E-state index contributed by atoms with van der Waals surface area (Å²) in [5.74, 6) is -0.800. The number of carboxylic acid groups (broad SMARTS) is 1. The first kappa shape index (κ1) is 14.7. The highest BCUT2D eigenvalue weighted by molar-refractivity contribution is 5.72. The molecule has 0 bridgehead atoms. The van der Waals surface area contributed by atoms with Crippen LogP contribution >= 0.6 is 0 Å². The van der Waals surface area contributed by atoms with Gasteiger partial charge in [-0.2, -0.15) is 0 Å². The van der Waals surface area contributed by atoms with E-state index < -0.39 is 12.0 Å². The Morgan fingerprint density at radius 3 is 2.50 bits per heavy atom. The normalized spacial score (nSPS) is 14.1. The van der Waals surface area contributed by atoms with E-state index in [1.807, 2.05) is 18.2 Å². The van der Waals surface area contributed by atoms with Gasteiger partial charge in [0.15, 0.2) is 0 Å². The van der Waals surface area contributed by atoms with Gasteiger partial charge >= 0.3 is 5.97 Å². The van der Waals surface area contributed by atoms with Crippen molar-refractivity contribution in [2.75, 3.05) is 0 Å². The van der Waals surface area contributed by atoms with E-state index in [-0.39, 0.29) is 6.04 Å². The standard InChI is InChI=1S/C15H23NO2/c1-3-4-6-11-14(16-12(2)15(17)18)13-9-7-5-8-10-13/h5,7-10,12,14,16H,3-4,6,11H2,1-2H3,(H,17,18). The van der Waals surface area contributed by atoms with Gasteiger partial charge in [-0.25, -0.2) is 0 Å². The predicted molar refractivity (Wildman–Crippen MR) is 73.6 cm³/mol. The molecule has 0 aliphatic rings. The highest BCUT2D eigenvalue weighted by Gasteiger charge is 2.17. The monoisotopic (exact) mass is 249 g/mol. The molecule has 2 N–H and O–H groups in total. The molecule has 1 rings (SSSR count). The van der Waals surface area contributed by atoms with Crippen LogP contribution in [0, 0.1) is 0 Å². The maximum absolute atomic E-state index is 10.9. The fourth-order valence-corrected chi connectivity index (χ4v) is 2.00. The number of carbonyl (C=O) groups is 1. The summed E-state index contributed by atoms with van der Waals surface area (Å²) in [7, 11) is 0. The topological polar surface area (TPSA) is 49.3 Å². The van der Waals surface area contributed by atoms with Crippen molar-refractivity contribution in [2.45, 2.75) is 51.6 Å². The fraction of sp³-hybridized carbons (Fsp3) is 0.533. The van der Waals surface area contributed by atoms with Gasteiger partial charge in [0, 0.05) is 6.04 Å². The lowest BCUT2D eigenvalue weighted by molar-refractivity contribution is -0.139. The number of benzene rings is 1. The maximum Gasteiger partial charge on any atom is 0.320 e. The Morgan fingerprint density at radius 1 is 1.28 bits per heavy atom. The summed E-state index contributed by atoms with van der Waals surface area (Å²) >= 11 is 0. The van der Waals surface area contributed by atoms with Crippen LogP contribution in [-0.2, 0) is 4.79 Å². The lowest BCUT2D eigenvalue weighted by Gasteiger charge is -2.21. The zero-order chi connectivity index (χ0) is 13.4. The van der Waals surface area contributed by atoms with Crippen LogP contribution in [0.2, 0.25) is 0 Å². The first-order valence-electron chi connectivity index (χ1n) is 6.69. The quantitative estimate of drug-likeness (QED) is 0.694. The summed E-state index contributed by atoms with van der Waals surface area (Å²) < 4.78 is 0. The van der Waals surface area contributed by atoms with Crippen molar-refractivity contribution in [1.29, 1.82) is 0 Å². The summed E-state index contributed by atoms with van der Waals surface area (Å²) in [4.78, 5) is 10.9. The van der Waals surface area contributed by atoms with Crippen LogP contribution in [0.4, 0.5) is 0 Å². The molecule has 0 radical (unpaired) electrons.